The fraction of sp³-hybridized carbons (Fsp3) is 0.421. The van der Waals surface area contributed by atoms with E-state index in [0.717, 1.165) is 25.0 Å². The number of carbonyl (C=O) groups is 2. The fourth-order valence-electron chi connectivity index (χ4n) is 3.41. The maximum absolute atomic E-state index is 13.0. The highest BCUT2D eigenvalue weighted by Gasteiger charge is 2.32. The lowest BCUT2D eigenvalue weighted by molar-refractivity contribution is -0.125. The van der Waals surface area contributed by atoms with Crippen molar-refractivity contribution in [3.8, 4) is 0 Å². The molecule has 0 spiro atoms. The van der Waals surface area contributed by atoms with Crippen molar-refractivity contribution in [1.82, 2.24) is 20.4 Å². The quantitative estimate of drug-likeness (QED) is 0.588. The first-order valence-corrected chi connectivity index (χ1v) is 11.2. The number of sulfone groups is 1. The van der Waals surface area contributed by atoms with Crippen molar-refractivity contribution in [2.75, 3.05) is 5.32 Å². The van der Waals surface area contributed by atoms with Crippen LogP contribution in [0.5, 0.6) is 0 Å². The number of hydrogen-bond acceptors (Lipinski definition) is 6. The first-order valence-electron chi connectivity index (χ1n) is 9.67. The average Bonchev–Trinajstić information content (AvgIpc) is 3.07. The molecule has 1 aromatic carbocycles. The summed E-state index contributed by atoms with van der Waals surface area (Å²) < 4.78 is 51.3. The maximum atomic E-state index is 13.0. The van der Waals surface area contributed by atoms with E-state index in [1.54, 1.807) is 6.92 Å². The van der Waals surface area contributed by atoms with Gasteiger partial charge in [0.15, 0.2) is 6.29 Å². The van der Waals surface area contributed by atoms with Crippen LogP contribution >= 0.6 is 0 Å². The lowest BCUT2D eigenvalue weighted by Gasteiger charge is -2.32. The number of aryl methyl sites for hydroxylation is 1. The molecule has 2 aromatic rings. The minimum absolute atomic E-state index is 0.0753. The van der Waals surface area contributed by atoms with Crippen LogP contribution in [0, 0.1) is 6.92 Å². The third kappa shape index (κ3) is 4.90. The van der Waals surface area contributed by atoms with E-state index in [1.165, 1.54) is 22.9 Å². The Labute approximate surface area is 178 Å². The van der Waals surface area contributed by atoms with E-state index in [2.05, 4.69) is 21.0 Å². The van der Waals surface area contributed by atoms with Gasteiger partial charge >= 0.3 is 5.76 Å². The van der Waals surface area contributed by atoms with E-state index in [-0.39, 0.29) is 17.8 Å². The predicted molar refractivity (Wildman–Crippen MR) is 108 cm³/mol. The number of hydrogen-bond donors (Lipinski definition) is 3. The second-order valence-corrected chi connectivity index (χ2v) is 9.08. The van der Waals surface area contributed by atoms with Crippen molar-refractivity contribution >= 4 is 27.5 Å². The van der Waals surface area contributed by atoms with Gasteiger partial charge < -0.3 is 10.6 Å². The average molecular weight is 455 g/mol. The molecule has 0 bridgehead atoms. The van der Waals surface area contributed by atoms with Crippen LogP contribution in [-0.2, 0) is 14.6 Å². The molecule has 1 aromatic heterocycles. The Bertz CT molecular complexity index is 1090. The number of rotatable bonds is 7. The van der Waals surface area contributed by atoms with Crippen molar-refractivity contribution in [1.29, 1.82) is 0 Å². The molecule has 12 heteroatoms. The number of nitrogens with one attached hydrogen (secondary N) is 3. The Morgan fingerprint density at radius 1 is 1.35 bits per heavy atom. The largest absolute Gasteiger partial charge is 0.341 e. The zero-order valence-electron chi connectivity index (χ0n) is 16.9. The molecule has 2 heterocycles. The first kappa shape index (κ1) is 22.8. The number of carbonyl (C=O) groups excluding carboxylic acids is 2. The van der Waals surface area contributed by atoms with Crippen LogP contribution in [0.15, 0.2) is 35.2 Å². The summed E-state index contributed by atoms with van der Waals surface area (Å²) in [5.41, 5.74) is 0.107. The summed E-state index contributed by atoms with van der Waals surface area (Å²) in [4.78, 5) is 24.1. The lowest BCUT2D eigenvalue weighted by atomic mass is 10.1. The van der Waals surface area contributed by atoms with E-state index in [9.17, 15) is 26.8 Å². The molecule has 0 saturated carbocycles. The molecule has 1 saturated heterocycles. The van der Waals surface area contributed by atoms with E-state index in [0.29, 0.717) is 12.1 Å². The highest BCUT2D eigenvalue weighted by molar-refractivity contribution is 7.91. The molecule has 9 nitrogen and oxygen atoms in total. The third-order valence-corrected chi connectivity index (χ3v) is 6.22. The predicted octanol–water partition coefficient (Wildman–Crippen LogP) is 2.17. The van der Waals surface area contributed by atoms with Crippen molar-refractivity contribution in [3.63, 3.8) is 0 Å². The molecule has 31 heavy (non-hydrogen) atoms. The number of nitrogens with zero attached hydrogens (tertiary/aromatic N) is 2. The Hall–Kier alpha value is -2.86. The number of halogens is 2. The molecule has 168 valence electrons. The maximum Gasteiger partial charge on any atom is 0.341 e. The number of benzene rings is 1. The van der Waals surface area contributed by atoms with Crippen LogP contribution in [0.3, 0.4) is 0 Å². The highest BCUT2D eigenvalue weighted by Crippen LogP contribution is 2.24. The summed E-state index contributed by atoms with van der Waals surface area (Å²) in [7, 11) is -4.98. The van der Waals surface area contributed by atoms with Gasteiger partial charge in [-0.15, -0.1) is 0 Å². The van der Waals surface area contributed by atoms with Gasteiger partial charge in [-0.3, -0.25) is 14.9 Å². The summed E-state index contributed by atoms with van der Waals surface area (Å²) in [5.74, 6) is -4.57. The van der Waals surface area contributed by atoms with Crippen LogP contribution in [-0.4, -0.2) is 41.8 Å². The third-order valence-electron chi connectivity index (χ3n) is 4.78. The Morgan fingerprint density at radius 2 is 2.06 bits per heavy atom. The van der Waals surface area contributed by atoms with Crippen LogP contribution in [0.1, 0.15) is 48.5 Å². The smallest absolute Gasteiger partial charge is 0.322 e. The van der Waals surface area contributed by atoms with Gasteiger partial charge in [0.1, 0.15) is 5.82 Å². The molecular formula is C19H23F2N5O4S. The monoisotopic (exact) mass is 455 g/mol. The first-order chi connectivity index (χ1) is 14.6. The van der Waals surface area contributed by atoms with Crippen LogP contribution in [0.2, 0.25) is 0 Å². The van der Waals surface area contributed by atoms with Crippen LogP contribution in [0.4, 0.5) is 14.6 Å². The van der Waals surface area contributed by atoms with Crippen LogP contribution < -0.4 is 16.0 Å². The van der Waals surface area contributed by atoms with Gasteiger partial charge in [0, 0.05) is 18.5 Å². The normalized spacial score (nSPS) is 19.3. The number of alkyl halides is 2. The SMILES string of the molecule is CCCC1CC(=O)NC(n2nc(C)cc2NC(=O)c2ccccc2S(=O)(=O)C(F)F)N1. The zero-order valence-corrected chi connectivity index (χ0v) is 17.7. The number of amides is 2. The molecule has 1 fully saturated rings. The second kappa shape index (κ2) is 9.10. The highest BCUT2D eigenvalue weighted by atomic mass is 32.2. The van der Waals surface area contributed by atoms with Crippen molar-refractivity contribution < 1.29 is 26.8 Å². The Kier molecular flexibility index (Phi) is 6.70. The molecule has 2 unspecified atom stereocenters. The fourth-order valence-corrected chi connectivity index (χ4v) is 4.34. The molecule has 1 aliphatic rings. The molecule has 2 atom stereocenters. The van der Waals surface area contributed by atoms with Gasteiger partial charge in [0.2, 0.25) is 15.7 Å². The van der Waals surface area contributed by atoms with Gasteiger partial charge in [-0.05, 0) is 25.5 Å². The minimum Gasteiger partial charge on any atom is -0.322 e. The van der Waals surface area contributed by atoms with Gasteiger partial charge in [-0.1, -0.05) is 25.5 Å². The van der Waals surface area contributed by atoms with Crippen LogP contribution in [0.25, 0.3) is 0 Å². The van der Waals surface area contributed by atoms with Crippen molar-refractivity contribution in [3.05, 3.63) is 41.6 Å². The topological polar surface area (TPSA) is 122 Å². The Balaban J connectivity index is 1.91. The second-order valence-electron chi connectivity index (χ2n) is 7.20. The summed E-state index contributed by atoms with van der Waals surface area (Å²) in [6, 6.07) is 6.19. The molecule has 3 rings (SSSR count). The van der Waals surface area contributed by atoms with Gasteiger partial charge in [-0.2, -0.15) is 13.9 Å². The minimum atomic E-state index is -4.98. The summed E-state index contributed by atoms with van der Waals surface area (Å²) >= 11 is 0. The molecule has 1 aliphatic heterocycles. The zero-order chi connectivity index (χ0) is 22.8. The standard InChI is InChI=1S/C19H23F2N5O4S/c1-3-6-12-10-16(27)24-19(22-12)26-15(9-11(2)25-26)23-17(28)13-7-4-5-8-14(13)31(29,30)18(20)21/h4-5,7-9,12,18-19,22H,3,6,10H2,1-2H3,(H,23,28)(H,24,27). The molecule has 0 aliphatic carbocycles. The lowest BCUT2D eigenvalue weighted by Crippen LogP contribution is -2.53. The summed E-state index contributed by atoms with van der Waals surface area (Å²) in [6.45, 7) is 3.67. The molecule has 3 N–H and O–H groups in total. The van der Waals surface area contributed by atoms with E-state index >= 15 is 0 Å². The number of aromatic nitrogens is 2. The summed E-state index contributed by atoms with van der Waals surface area (Å²) in [5, 5.41) is 12.8. The van der Waals surface area contributed by atoms with Crippen molar-refractivity contribution in [2.45, 2.75) is 56.1 Å². The van der Waals surface area contributed by atoms with Gasteiger partial charge in [0.25, 0.3) is 5.91 Å². The van der Waals surface area contributed by atoms with E-state index in [1.807, 2.05) is 6.92 Å². The molecular weight excluding hydrogens is 432 g/mol. The van der Waals surface area contributed by atoms with Gasteiger partial charge in [0.05, 0.1) is 16.2 Å². The van der Waals surface area contributed by atoms with E-state index in [4.69, 9.17) is 0 Å². The number of anilines is 1. The summed E-state index contributed by atoms with van der Waals surface area (Å²) in [6.07, 6.45) is 1.21. The Morgan fingerprint density at radius 3 is 2.74 bits per heavy atom. The molecule has 0 radical (unpaired) electrons. The molecule has 2 amide bonds. The van der Waals surface area contributed by atoms with E-state index < -0.39 is 38.3 Å². The van der Waals surface area contributed by atoms with Gasteiger partial charge in [-0.25, -0.2) is 13.1 Å². The van der Waals surface area contributed by atoms with Crippen molar-refractivity contribution in [2.24, 2.45) is 0 Å².